The Kier molecular flexibility index (Phi) is 5.50. The van der Waals surface area contributed by atoms with Gasteiger partial charge in [-0.05, 0) is 47.4 Å². The van der Waals surface area contributed by atoms with Gasteiger partial charge in [-0.25, -0.2) is 19.5 Å². The fourth-order valence-electron chi connectivity index (χ4n) is 3.34. The second-order valence-corrected chi connectivity index (χ2v) is 7.62. The predicted octanol–water partition coefficient (Wildman–Crippen LogP) is 1.22. The molecular weight excluding hydrogens is 409 g/mol. The van der Waals surface area contributed by atoms with Crippen LogP contribution in [0.25, 0.3) is 22.2 Å². The molecule has 0 unspecified atom stereocenters. The van der Waals surface area contributed by atoms with Crippen LogP contribution in [0.4, 0.5) is 4.39 Å². The number of halogens is 2. The van der Waals surface area contributed by atoms with Crippen molar-refractivity contribution < 1.29 is 12.8 Å². The van der Waals surface area contributed by atoms with Crippen LogP contribution in [0.2, 0.25) is 0 Å². The van der Waals surface area contributed by atoms with Crippen molar-refractivity contribution in [2.24, 2.45) is 5.14 Å². The molecule has 0 spiro atoms. The van der Waals surface area contributed by atoms with Crippen molar-refractivity contribution in [1.82, 2.24) is 19.8 Å². The van der Waals surface area contributed by atoms with Gasteiger partial charge in [0.25, 0.3) is 10.2 Å². The Morgan fingerprint density at radius 3 is 2.71 bits per heavy atom. The molecule has 28 heavy (non-hydrogen) atoms. The van der Waals surface area contributed by atoms with Crippen molar-refractivity contribution >= 4 is 33.6 Å². The third-order valence-electron chi connectivity index (χ3n) is 4.48. The van der Waals surface area contributed by atoms with Crippen molar-refractivity contribution in [3.63, 3.8) is 0 Å². The molecule has 4 rings (SSSR count). The Hall–Kier alpha value is -2.37. The summed E-state index contributed by atoms with van der Waals surface area (Å²) in [7, 11) is -3.87. The van der Waals surface area contributed by atoms with Crippen molar-refractivity contribution in [2.45, 2.75) is 13.0 Å². The van der Waals surface area contributed by atoms with E-state index in [1.807, 2.05) is 0 Å². The number of fused-ring (bicyclic) bond motifs is 2. The van der Waals surface area contributed by atoms with Gasteiger partial charge in [0.1, 0.15) is 11.5 Å². The van der Waals surface area contributed by atoms with E-state index in [2.05, 4.69) is 14.8 Å². The van der Waals surface area contributed by atoms with Crippen LogP contribution < -0.4 is 15.5 Å². The summed E-state index contributed by atoms with van der Waals surface area (Å²) in [5, 5.41) is 7.12. The zero-order valence-electron chi connectivity index (χ0n) is 14.5. The molecule has 2 aromatic heterocycles. The minimum atomic E-state index is -3.87. The molecule has 0 radical (unpaired) electrons. The zero-order valence-corrected chi connectivity index (χ0v) is 16.1. The molecule has 0 saturated carbocycles. The number of nitrogens with two attached hydrogens (primary N) is 1. The molecule has 0 amide bonds. The van der Waals surface area contributed by atoms with Crippen LogP contribution in [0.5, 0.6) is 0 Å². The first kappa shape index (κ1) is 20.4. The van der Waals surface area contributed by atoms with Gasteiger partial charge in [-0.2, -0.15) is 8.42 Å². The van der Waals surface area contributed by atoms with Gasteiger partial charge in [0.2, 0.25) is 5.56 Å². The lowest BCUT2D eigenvalue weighted by molar-refractivity contribution is 0.221. The summed E-state index contributed by atoms with van der Waals surface area (Å²) in [6.07, 6.45) is 1.99. The number of nitrogens with one attached hydrogen (secondary N) is 2. The maximum Gasteiger partial charge on any atom is 0.287 e. The number of rotatable bonds is 3. The lowest BCUT2D eigenvalue weighted by Crippen LogP contribution is -2.47. The highest BCUT2D eigenvalue weighted by atomic mass is 35.5. The quantitative estimate of drug-likeness (QED) is 0.582. The molecule has 4 N–H and O–H groups in total. The molecule has 0 atom stereocenters. The summed E-state index contributed by atoms with van der Waals surface area (Å²) in [4.78, 5) is 20.5. The number of benzene rings is 1. The molecule has 1 aliphatic rings. The van der Waals surface area contributed by atoms with Crippen LogP contribution in [0, 0.1) is 5.82 Å². The summed E-state index contributed by atoms with van der Waals surface area (Å²) in [6, 6.07) is 7.80. The molecule has 0 fully saturated rings. The fourth-order valence-corrected chi connectivity index (χ4v) is 3.85. The van der Waals surface area contributed by atoms with Crippen LogP contribution >= 0.6 is 12.4 Å². The second-order valence-electron chi connectivity index (χ2n) is 6.35. The maximum absolute atomic E-state index is 14.8. The summed E-state index contributed by atoms with van der Waals surface area (Å²) in [6.45, 7) is 0.653. The molecule has 148 valence electrons. The lowest BCUT2D eigenvalue weighted by Gasteiger charge is -2.28. The van der Waals surface area contributed by atoms with E-state index < -0.39 is 10.2 Å². The number of pyridine rings is 2. The van der Waals surface area contributed by atoms with Gasteiger partial charge in [0, 0.05) is 36.3 Å². The van der Waals surface area contributed by atoms with Gasteiger partial charge in [-0.1, -0.05) is 0 Å². The average Bonchev–Trinajstić information content (AvgIpc) is 2.59. The maximum atomic E-state index is 14.8. The van der Waals surface area contributed by atoms with Crippen LogP contribution in [-0.4, -0.2) is 29.9 Å². The number of hydrogen-bond acceptors (Lipinski definition) is 5. The smallest absolute Gasteiger partial charge is 0.287 e. The number of hydrazine groups is 1. The number of hydrogen-bond donors (Lipinski definition) is 3. The first-order valence-corrected chi connectivity index (χ1v) is 9.69. The molecule has 11 heteroatoms. The highest BCUT2D eigenvalue weighted by molar-refractivity contribution is 7.87. The molecule has 0 aliphatic carbocycles. The first-order valence-electron chi connectivity index (χ1n) is 8.15. The second kappa shape index (κ2) is 7.57. The number of nitrogens with zero attached hydrogens (tertiary/aromatic N) is 2. The van der Waals surface area contributed by atoms with E-state index in [1.54, 1.807) is 18.2 Å². The van der Waals surface area contributed by atoms with Gasteiger partial charge >= 0.3 is 0 Å². The van der Waals surface area contributed by atoms with Crippen LogP contribution in [-0.2, 0) is 23.2 Å². The van der Waals surface area contributed by atoms with Gasteiger partial charge in [0.15, 0.2) is 0 Å². The highest BCUT2D eigenvalue weighted by Crippen LogP contribution is 2.32. The van der Waals surface area contributed by atoms with Gasteiger partial charge in [0.05, 0.1) is 0 Å². The summed E-state index contributed by atoms with van der Waals surface area (Å²) >= 11 is 0. The monoisotopic (exact) mass is 425 g/mol. The third-order valence-corrected chi connectivity index (χ3v) is 4.99. The normalized spacial score (nSPS) is 14.5. The molecule has 1 aromatic carbocycles. The lowest BCUT2D eigenvalue weighted by atomic mass is 9.94. The number of H-pyrrole nitrogens is 1. The van der Waals surface area contributed by atoms with Gasteiger partial charge in [-0.3, -0.25) is 4.79 Å². The highest BCUT2D eigenvalue weighted by Gasteiger charge is 2.22. The topological polar surface area (TPSA) is 121 Å². The number of aromatic nitrogens is 2. The Morgan fingerprint density at radius 1 is 1.18 bits per heavy atom. The Labute approximate surface area is 166 Å². The summed E-state index contributed by atoms with van der Waals surface area (Å²) in [5.41, 5.74) is 2.63. The fraction of sp³-hybridized carbons (Fsp3) is 0.176. The molecule has 0 saturated heterocycles. The Morgan fingerprint density at radius 2 is 1.96 bits per heavy atom. The molecule has 3 heterocycles. The summed E-state index contributed by atoms with van der Waals surface area (Å²) in [5.74, 6) is -0.389. The number of aromatic amines is 1. The predicted molar refractivity (Wildman–Crippen MR) is 105 cm³/mol. The zero-order chi connectivity index (χ0) is 19.2. The standard InChI is InChI=1S/C17H16FN5O3S.ClH/c18-15-8-10-4-6-23(22-27(19,25)26)9-11(10)7-14(15)12-3-5-20-17-13(12)1-2-16(24)21-17;/h1-3,5,7-8,22H,4,6,9H2,(H2,19,25,26)(H,20,21,24);1H. The van der Waals surface area contributed by atoms with Gasteiger partial charge in [-0.15, -0.1) is 17.2 Å². The van der Waals surface area contributed by atoms with E-state index in [1.165, 1.54) is 23.3 Å². The SMILES string of the molecule is Cl.NS(=O)(=O)NN1CCc2cc(F)c(-c3ccnc4[nH]c(=O)ccc34)cc2C1. The third kappa shape index (κ3) is 4.05. The molecule has 3 aromatic rings. The van der Waals surface area contributed by atoms with Crippen molar-refractivity contribution in [1.29, 1.82) is 0 Å². The minimum absolute atomic E-state index is 0. The van der Waals surface area contributed by atoms with E-state index >= 15 is 0 Å². The minimum Gasteiger partial charge on any atom is -0.307 e. The molecule has 1 aliphatic heterocycles. The summed E-state index contributed by atoms with van der Waals surface area (Å²) < 4.78 is 37.3. The molecule has 8 nitrogen and oxygen atoms in total. The first-order chi connectivity index (χ1) is 12.8. The van der Waals surface area contributed by atoms with E-state index in [0.29, 0.717) is 35.1 Å². The molecule has 0 bridgehead atoms. The largest absolute Gasteiger partial charge is 0.307 e. The van der Waals surface area contributed by atoms with Crippen molar-refractivity contribution in [2.75, 3.05) is 6.54 Å². The van der Waals surface area contributed by atoms with Crippen LogP contribution in [0.1, 0.15) is 11.1 Å². The van der Waals surface area contributed by atoms with E-state index in [4.69, 9.17) is 5.14 Å². The average molecular weight is 426 g/mol. The van der Waals surface area contributed by atoms with Crippen LogP contribution in [0.15, 0.2) is 41.3 Å². The van der Waals surface area contributed by atoms with Crippen LogP contribution in [0.3, 0.4) is 0 Å². The van der Waals surface area contributed by atoms with E-state index in [9.17, 15) is 17.6 Å². The van der Waals surface area contributed by atoms with E-state index in [-0.39, 0.29) is 30.3 Å². The van der Waals surface area contributed by atoms with Crippen molar-refractivity contribution in [3.05, 3.63) is 63.8 Å². The van der Waals surface area contributed by atoms with E-state index in [0.717, 1.165) is 11.1 Å². The van der Waals surface area contributed by atoms with Crippen molar-refractivity contribution in [3.8, 4) is 11.1 Å². The Balaban J connectivity index is 0.00000225. The van der Waals surface area contributed by atoms with Gasteiger partial charge < -0.3 is 4.98 Å². The molecular formula is C17H17ClFN5O3S. The Bertz CT molecular complexity index is 1220.